The molecule has 0 bridgehead atoms. The number of fused-ring (bicyclic) bond motifs is 1. The predicted octanol–water partition coefficient (Wildman–Crippen LogP) is 1.59. The van der Waals surface area contributed by atoms with Crippen LogP contribution in [0.2, 0.25) is 0 Å². The number of carbonyl (C=O) groups is 2. The Morgan fingerprint density at radius 3 is 2.86 bits per heavy atom. The fraction of sp³-hybridized carbons (Fsp3) is 0.200. The molecule has 0 aromatic heterocycles. The van der Waals surface area contributed by atoms with Crippen molar-refractivity contribution in [3.63, 3.8) is 0 Å². The highest BCUT2D eigenvalue weighted by Gasteiger charge is 2.33. The van der Waals surface area contributed by atoms with E-state index in [-0.39, 0.29) is 6.61 Å². The van der Waals surface area contributed by atoms with Crippen LogP contribution in [-0.2, 0) is 20.9 Å². The van der Waals surface area contributed by atoms with Crippen molar-refractivity contribution in [3.05, 3.63) is 35.4 Å². The SMILES string of the molecule is O=C(Cl)C1C(=O)OCc2ccccc21. The van der Waals surface area contributed by atoms with Crippen molar-refractivity contribution in [2.24, 2.45) is 0 Å². The molecule has 0 saturated carbocycles. The molecule has 0 radical (unpaired) electrons. The molecule has 0 spiro atoms. The first-order valence-electron chi connectivity index (χ1n) is 4.14. The Bertz CT molecular complexity index is 400. The zero-order valence-electron chi connectivity index (χ0n) is 7.20. The monoisotopic (exact) mass is 210 g/mol. The quantitative estimate of drug-likeness (QED) is 0.402. The second kappa shape index (κ2) is 3.42. The summed E-state index contributed by atoms with van der Waals surface area (Å²) in [6.07, 6.45) is 0. The Labute approximate surface area is 85.6 Å². The summed E-state index contributed by atoms with van der Waals surface area (Å²) in [6, 6.07) is 7.13. The molecule has 14 heavy (non-hydrogen) atoms. The molecule has 1 aromatic carbocycles. The number of benzene rings is 1. The van der Waals surface area contributed by atoms with Gasteiger partial charge in [-0.2, -0.15) is 0 Å². The van der Waals surface area contributed by atoms with Crippen molar-refractivity contribution in [2.75, 3.05) is 0 Å². The summed E-state index contributed by atoms with van der Waals surface area (Å²) < 4.78 is 4.83. The van der Waals surface area contributed by atoms with Gasteiger partial charge in [0.2, 0.25) is 5.24 Å². The Morgan fingerprint density at radius 1 is 1.43 bits per heavy atom. The lowest BCUT2D eigenvalue weighted by Crippen LogP contribution is -2.26. The minimum atomic E-state index is -0.957. The van der Waals surface area contributed by atoms with Crippen molar-refractivity contribution < 1.29 is 14.3 Å². The third kappa shape index (κ3) is 1.40. The first-order valence-corrected chi connectivity index (χ1v) is 4.51. The summed E-state index contributed by atoms with van der Waals surface area (Å²) in [5.74, 6) is -1.52. The number of rotatable bonds is 1. The standard InChI is InChI=1S/C10H7ClO3/c11-9(12)8-7-4-2-1-3-6(7)5-14-10(8)13/h1-4,8H,5H2. The van der Waals surface area contributed by atoms with Crippen molar-refractivity contribution >= 4 is 22.8 Å². The number of carbonyl (C=O) groups excluding carboxylic acids is 2. The van der Waals surface area contributed by atoms with E-state index in [4.69, 9.17) is 16.3 Å². The van der Waals surface area contributed by atoms with Gasteiger partial charge in [-0.15, -0.1) is 0 Å². The Hall–Kier alpha value is -1.35. The van der Waals surface area contributed by atoms with Gasteiger partial charge in [-0.3, -0.25) is 9.59 Å². The van der Waals surface area contributed by atoms with Gasteiger partial charge in [0.1, 0.15) is 6.61 Å². The molecule has 1 aliphatic rings. The number of halogens is 1. The van der Waals surface area contributed by atoms with Gasteiger partial charge in [0.25, 0.3) is 0 Å². The van der Waals surface area contributed by atoms with E-state index in [1.807, 2.05) is 12.1 Å². The maximum atomic E-state index is 11.3. The van der Waals surface area contributed by atoms with Crippen LogP contribution in [-0.4, -0.2) is 11.2 Å². The van der Waals surface area contributed by atoms with E-state index in [1.54, 1.807) is 12.1 Å². The van der Waals surface area contributed by atoms with E-state index in [9.17, 15) is 9.59 Å². The van der Waals surface area contributed by atoms with Gasteiger partial charge in [0.05, 0.1) is 0 Å². The fourth-order valence-electron chi connectivity index (χ4n) is 1.52. The van der Waals surface area contributed by atoms with Gasteiger partial charge in [-0.25, -0.2) is 0 Å². The van der Waals surface area contributed by atoms with Crippen molar-refractivity contribution in [3.8, 4) is 0 Å². The molecule has 0 saturated heterocycles. The van der Waals surface area contributed by atoms with Crippen LogP contribution in [0, 0.1) is 0 Å². The topological polar surface area (TPSA) is 43.4 Å². The Kier molecular flexibility index (Phi) is 2.25. The molecule has 1 heterocycles. The number of ether oxygens (including phenoxy) is 1. The number of hydrogen-bond acceptors (Lipinski definition) is 3. The highest BCUT2D eigenvalue weighted by Crippen LogP contribution is 2.28. The van der Waals surface area contributed by atoms with Crippen LogP contribution in [0.5, 0.6) is 0 Å². The maximum absolute atomic E-state index is 11.3. The normalized spacial score (nSPS) is 19.8. The summed E-state index contributed by atoms with van der Waals surface area (Å²) in [4.78, 5) is 22.3. The van der Waals surface area contributed by atoms with Gasteiger partial charge >= 0.3 is 5.97 Å². The lowest BCUT2D eigenvalue weighted by atomic mass is 9.93. The number of hydrogen-bond donors (Lipinski definition) is 0. The first-order chi connectivity index (χ1) is 6.70. The lowest BCUT2D eigenvalue weighted by molar-refractivity contribution is -0.149. The minimum absolute atomic E-state index is 0.218. The van der Waals surface area contributed by atoms with Gasteiger partial charge < -0.3 is 4.74 Å². The van der Waals surface area contributed by atoms with Crippen LogP contribution in [0.4, 0.5) is 0 Å². The van der Waals surface area contributed by atoms with E-state index in [2.05, 4.69) is 0 Å². The number of cyclic esters (lactones) is 1. The summed E-state index contributed by atoms with van der Waals surface area (Å²) in [6.45, 7) is 0.218. The highest BCUT2D eigenvalue weighted by molar-refractivity contribution is 6.66. The second-order valence-electron chi connectivity index (χ2n) is 3.04. The molecular weight excluding hydrogens is 204 g/mol. The molecule has 1 aliphatic heterocycles. The van der Waals surface area contributed by atoms with Crippen molar-refractivity contribution in [1.82, 2.24) is 0 Å². The Morgan fingerprint density at radius 2 is 2.14 bits per heavy atom. The van der Waals surface area contributed by atoms with Crippen LogP contribution >= 0.6 is 11.6 Å². The zero-order valence-corrected chi connectivity index (χ0v) is 7.95. The van der Waals surface area contributed by atoms with Crippen LogP contribution < -0.4 is 0 Å². The molecule has 3 nitrogen and oxygen atoms in total. The Balaban J connectivity index is 2.51. The average Bonchev–Trinajstić information content (AvgIpc) is 2.17. The largest absolute Gasteiger partial charge is 0.460 e. The van der Waals surface area contributed by atoms with E-state index in [0.717, 1.165) is 5.56 Å². The molecule has 2 rings (SSSR count). The smallest absolute Gasteiger partial charge is 0.322 e. The molecule has 72 valence electrons. The van der Waals surface area contributed by atoms with E-state index in [0.29, 0.717) is 5.56 Å². The van der Waals surface area contributed by atoms with Gasteiger partial charge in [-0.1, -0.05) is 24.3 Å². The van der Waals surface area contributed by atoms with Gasteiger partial charge in [0, 0.05) is 0 Å². The summed E-state index contributed by atoms with van der Waals surface area (Å²) in [5.41, 5.74) is 1.50. The minimum Gasteiger partial charge on any atom is -0.460 e. The van der Waals surface area contributed by atoms with Crippen molar-refractivity contribution in [2.45, 2.75) is 12.5 Å². The molecule has 1 aromatic rings. The number of esters is 1. The summed E-state index contributed by atoms with van der Waals surface area (Å²) >= 11 is 5.34. The molecule has 4 heteroatoms. The van der Waals surface area contributed by atoms with Crippen LogP contribution in [0.1, 0.15) is 17.0 Å². The van der Waals surface area contributed by atoms with Crippen LogP contribution in [0.15, 0.2) is 24.3 Å². The highest BCUT2D eigenvalue weighted by atomic mass is 35.5. The molecular formula is C10H7ClO3. The summed E-state index contributed by atoms with van der Waals surface area (Å²) in [7, 11) is 0. The molecule has 0 N–H and O–H groups in total. The lowest BCUT2D eigenvalue weighted by Gasteiger charge is -2.21. The summed E-state index contributed by atoms with van der Waals surface area (Å²) in [5, 5.41) is -0.692. The molecule has 1 atom stereocenters. The molecule has 0 fully saturated rings. The predicted molar refractivity (Wildman–Crippen MR) is 49.8 cm³/mol. The molecule has 1 unspecified atom stereocenters. The first kappa shape index (κ1) is 9.21. The average molecular weight is 211 g/mol. The third-order valence-corrected chi connectivity index (χ3v) is 2.42. The molecule has 0 aliphatic carbocycles. The third-order valence-electron chi connectivity index (χ3n) is 2.20. The fourth-order valence-corrected chi connectivity index (χ4v) is 1.73. The van der Waals surface area contributed by atoms with E-state index in [1.165, 1.54) is 0 Å². The van der Waals surface area contributed by atoms with E-state index < -0.39 is 17.1 Å². The second-order valence-corrected chi connectivity index (χ2v) is 3.42. The van der Waals surface area contributed by atoms with Crippen LogP contribution in [0.25, 0.3) is 0 Å². The van der Waals surface area contributed by atoms with Gasteiger partial charge in [0.15, 0.2) is 5.92 Å². The van der Waals surface area contributed by atoms with E-state index >= 15 is 0 Å². The maximum Gasteiger partial charge on any atom is 0.322 e. The molecule has 0 amide bonds. The van der Waals surface area contributed by atoms with Crippen molar-refractivity contribution in [1.29, 1.82) is 0 Å². The van der Waals surface area contributed by atoms with Crippen LogP contribution in [0.3, 0.4) is 0 Å². The van der Waals surface area contributed by atoms with Gasteiger partial charge in [-0.05, 0) is 22.7 Å². The zero-order chi connectivity index (χ0) is 10.1.